The number of aryl methyl sites for hydroxylation is 1. The van der Waals surface area contributed by atoms with Gasteiger partial charge in [-0.2, -0.15) is 0 Å². The standard InChI is InChI=1S/C19H23NO2/c1-4-18(15-9-11-17(22-3)12-10-15)20-19(21)13-16-8-6-5-7-14(16)2/h5-12,18H,4,13H2,1-3H3,(H,20,21). The van der Waals surface area contributed by atoms with Crippen molar-refractivity contribution in [2.24, 2.45) is 0 Å². The van der Waals surface area contributed by atoms with Crippen LogP contribution in [0.5, 0.6) is 5.75 Å². The van der Waals surface area contributed by atoms with E-state index in [0.29, 0.717) is 6.42 Å². The van der Waals surface area contributed by atoms with Gasteiger partial charge in [0.2, 0.25) is 5.91 Å². The summed E-state index contributed by atoms with van der Waals surface area (Å²) in [6, 6.07) is 15.9. The molecule has 0 heterocycles. The summed E-state index contributed by atoms with van der Waals surface area (Å²) in [5.41, 5.74) is 3.32. The Balaban J connectivity index is 2.03. The maximum absolute atomic E-state index is 12.3. The Labute approximate surface area is 132 Å². The van der Waals surface area contributed by atoms with Crippen molar-refractivity contribution in [3.8, 4) is 5.75 Å². The van der Waals surface area contributed by atoms with Gasteiger partial charge in [0.25, 0.3) is 0 Å². The number of methoxy groups -OCH3 is 1. The van der Waals surface area contributed by atoms with Crippen molar-refractivity contribution in [3.63, 3.8) is 0 Å². The van der Waals surface area contributed by atoms with Crippen molar-refractivity contribution in [2.75, 3.05) is 7.11 Å². The Kier molecular flexibility index (Phi) is 5.59. The van der Waals surface area contributed by atoms with Gasteiger partial charge in [-0.15, -0.1) is 0 Å². The summed E-state index contributed by atoms with van der Waals surface area (Å²) in [4.78, 5) is 12.3. The zero-order valence-corrected chi connectivity index (χ0v) is 13.4. The second-order valence-corrected chi connectivity index (χ2v) is 5.40. The van der Waals surface area contributed by atoms with Gasteiger partial charge >= 0.3 is 0 Å². The molecule has 1 atom stereocenters. The predicted octanol–water partition coefficient (Wildman–Crippen LogP) is 3.81. The average molecular weight is 297 g/mol. The molecule has 0 radical (unpaired) electrons. The van der Waals surface area contributed by atoms with Gasteiger partial charge < -0.3 is 10.1 Å². The highest BCUT2D eigenvalue weighted by Gasteiger charge is 2.13. The molecule has 2 aromatic rings. The van der Waals surface area contributed by atoms with E-state index < -0.39 is 0 Å². The van der Waals surface area contributed by atoms with Gasteiger partial charge in [-0.1, -0.05) is 43.3 Å². The minimum Gasteiger partial charge on any atom is -0.497 e. The van der Waals surface area contributed by atoms with E-state index in [9.17, 15) is 4.79 Å². The topological polar surface area (TPSA) is 38.3 Å². The minimum atomic E-state index is 0.0300. The highest BCUT2D eigenvalue weighted by Crippen LogP contribution is 2.20. The van der Waals surface area contributed by atoms with Crippen LogP contribution in [0.2, 0.25) is 0 Å². The number of nitrogens with one attached hydrogen (secondary N) is 1. The van der Waals surface area contributed by atoms with Crippen LogP contribution in [0.25, 0.3) is 0 Å². The lowest BCUT2D eigenvalue weighted by Gasteiger charge is -2.18. The van der Waals surface area contributed by atoms with E-state index in [2.05, 4.69) is 12.2 Å². The second-order valence-electron chi connectivity index (χ2n) is 5.40. The van der Waals surface area contributed by atoms with Gasteiger partial charge in [0.05, 0.1) is 19.6 Å². The van der Waals surface area contributed by atoms with Crippen molar-refractivity contribution in [1.82, 2.24) is 5.32 Å². The monoisotopic (exact) mass is 297 g/mol. The summed E-state index contributed by atoms with van der Waals surface area (Å²) in [7, 11) is 1.65. The molecule has 116 valence electrons. The molecule has 0 aliphatic rings. The number of amides is 1. The maximum Gasteiger partial charge on any atom is 0.224 e. The second kappa shape index (κ2) is 7.64. The summed E-state index contributed by atoms with van der Waals surface area (Å²) < 4.78 is 5.17. The lowest BCUT2D eigenvalue weighted by Crippen LogP contribution is -2.29. The van der Waals surface area contributed by atoms with Crippen LogP contribution in [0, 0.1) is 6.92 Å². The van der Waals surface area contributed by atoms with Crippen LogP contribution in [0.4, 0.5) is 0 Å². The Morgan fingerprint density at radius 1 is 1.14 bits per heavy atom. The molecule has 0 bridgehead atoms. The van der Waals surface area contributed by atoms with E-state index in [1.54, 1.807) is 7.11 Å². The number of hydrogen-bond donors (Lipinski definition) is 1. The molecule has 3 heteroatoms. The van der Waals surface area contributed by atoms with E-state index in [1.165, 1.54) is 0 Å². The summed E-state index contributed by atoms with van der Waals surface area (Å²) in [5, 5.41) is 3.12. The molecule has 22 heavy (non-hydrogen) atoms. The van der Waals surface area contributed by atoms with Crippen LogP contribution in [-0.4, -0.2) is 13.0 Å². The van der Waals surface area contributed by atoms with E-state index >= 15 is 0 Å². The lowest BCUT2D eigenvalue weighted by atomic mass is 10.0. The molecular formula is C19H23NO2. The molecule has 0 aliphatic carbocycles. The zero-order chi connectivity index (χ0) is 15.9. The molecule has 1 N–H and O–H groups in total. The SMILES string of the molecule is CCC(NC(=O)Cc1ccccc1C)c1ccc(OC)cc1. The highest BCUT2D eigenvalue weighted by molar-refractivity contribution is 5.79. The molecule has 2 aromatic carbocycles. The fourth-order valence-corrected chi connectivity index (χ4v) is 2.48. The number of benzene rings is 2. The van der Waals surface area contributed by atoms with Crippen molar-refractivity contribution in [2.45, 2.75) is 32.7 Å². The first-order valence-electron chi connectivity index (χ1n) is 7.62. The summed E-state index contributed by atoms with van der Waals surface area (Å²) in [6.45, 7) is 4.10. The van der Waals surface area contributed by atoms with E-state index in [0.717, 1.165) is 28.9 Å². The highest BCUT2D eigenvalue weighted by atomic mass is 16.5. The molecule has 0 saturated heterocycles. The van der Waals surface area contributed by atoms with Gasteiger partial charge in [-0.25, -0.2) is 0 Å². The normalized spacial score (nSPS) is 11.8. The summed E-state index contributed by atoms with van der Waals surface area (Å²) in [6.07, 6.45) is 1.27. The predicted molar refractivity (Wildman–Crippen MR) is 89.1 cm³/mol. The fraction of sp³-hybridized carbons (Fsp3) is 0.316. The van der Waals surface area contributed by atoms with Crippen molar-refractivity contribution < 1.29 is 9.53 Å². The smallest absolute Gasteiger partial charge is 0.224 e. The Morgan fingerprint density at radius 2 is 1.82 bits per heavy atom. The molecule has 0 saturated carbocycles. The van der Waals surface area contributed by atoms with Gasteiger partial charge in [-0.3, -0.25) is 4.79 Å². The number of rotatable bonds is 6. The first-order valence-corrected chi connectivity index (χ1v) is 7.62. The Morgan fingerprint density at radius 3 is 2.41 bits per heavy atom. The third-order valence-electron chi connectivity index (χ3n) is 3.87. The van der Waals surface area contributed by atoms with Crippen molar-refractivity contribution in [3.05, 3.63) is 65.2 Å². The lowest BCUT2D eigenvalue weighted by molar-refractivity contribution is -0.121. The number of hydrogen-bond acceptors (Lipinski definition) is 2. The van der Waals surface area contributed by atoms with E-state index in [4.69, 9.17) is 4.74 Å². The molecule has 0 spiro atoms. The van der Waals surface area contributed by atoms with Crippen molar-refractivity contribution >= 4 is 5.91 Å². The Hall–Kier alpha value is -2.29. The van der Waals surface area contributed by atoms with Gasteiger partial charge in [0, 0.05) is 0 Å². The maximum atomic E-state index is 12.3. The summed E-state index contributed by atoms with van der Waals surface area (Å²) >= 11 is 0. The van der Waals surface area contributed by atoms with Crippen LogP contribution >= 0.6 is 0 Å². The van der Waals surface area contributed by atoms with Gasteiger partial charge in [-0.05, 0) is 42.2 Å². The molecule has 0 aliphatic heterocycles. The quantitative estimate of drug-likeness (QED) is 0.880. The zero-order valence-electron chi connectivity index (χ0n) is 13.4. The molecule has 2 rings (SSSR count). The number of carbonyl (C=O) groups excluding carboxylic acids is 1. The average Bonchev–Trinajstić information content (AvgIpc) is 2.55. The number of ether oxygens (including phenoxy) is 1. The van der Waals surface area contributed by atoms with Crippen molar-refractivity contribution in [1.29, 1.82) is 0 Å². The van der Waals surface area contributed by atoms with Crippen LogP contribution in [0.15, 0.2) is 48.5 Å². The first-order chi connectivity index (χ1) is 10.6. The van der Waals surface area contributed by atoms with Gasteiger partial charge in [0.1, 0.15) is 5.75 Å². The van der Waals surface area contributed by atoms with Crippen LogP contribution in [0.3, 0.4) is 0 Å². The number of carbonyl (C=O) groups is 1. The van der Waals surface area contributed by atoms with E-state index in [1.807, 2.05) is 55.5 Å². The minimum absolute atomic E-state index is 0.0300. The molecule has 0 aromatic heterocycles. The third-order valence-corrected chi connectivity index (χ3v) is 3.87. The third kappa shape index (κ3) is 4.10. The van der Waals surface area contributed by atoms with Gasteiger partial charge in [0.15, 0.2) is 0 Å². The molecule has 3 nitrogen and oxygen atoms in total. The summed E-state index contributed by atoms with van der Waals surface area (Å²) in [5.74, 6) is 0.877. The van der Waals surface area contributed by atoms with Crippen LogP contribution in [-0.2, 0) is 11.2 Å². The van der Waals surface area contributed by atoms with Crippen LogP contribution < -0.4 is 10.1 Å². The first kappa shape index (κ1) is 16.1. The van der Waals surface area contributed by atoms with E-state index in [-0.39, 0.29) is 11.9 Å². The largest absolute Gasteiger partial charge is 0.497 e. The molecule has 0 fully saturated rings. The Bertz CT molecular complexity index is 620. The molecule has 1 amide bonds. The fourth-order valence-electron chi connectivity index (χ4n) is 2.48. The molecule has 1 unspecified atom stereocenters. The molecular weight excluding hydrogens is 274 g/mol. The van der Waals surface area contributed by atoms with Crippen LogP contribution in [0.1, 0.15) is 36.1 Å².